The van der Waals surface area contributed by atoms with E-state index in [0.29, 0.717) is 13.1 Å². The molecule has 1 atom stereocenters. The monoisotopic (exact) mass is 367 g/mol. The highest BCUT2D eigenvalue weighted by Crippen LogP contribution is 2.29. The van der Waals surface area contributed by atoms with Gasteiger partial charge in [0.2, 0.25) is 11.8 Å². The zero-order valence-electron chi connectivity index (χ0n) is 14.6. The Labute approximate surface area is 156 Å². The molecule has 0 fully saturated rings. The summed E-state index contributed by atoms with van der Waals surface area (Å²) in [7, 11) is 0. The van der Waals surface area contributed by atoms with Gasteiger partial charge >= 0.3 is 0 Å². The van der Waals surface area contributed by atoms with E-state index in [1.807, 2.05) is 34.5 Å². The van der Waals surface area contributed by atoms with Crippen LogP contribution in [0, 0.1) is 0 Å². The molecular weight excluding hydrogens is 346 g/mol. The predicted octanol–water partition coefficient (Wildman–Crippen LogP) is 3.38. The average molecular weight is 367 g/mol. The summed E-state index contributed by atoms with van der Waals surface area (Å²) in [6, 6.07) is 11.9. The Kier molecular flexibility index (Phi) is 4.51. The Morgan fingerprint density at radius 2 is 2.12 bits per heavy atom. The Morgan fingerprint density at radius 1 is 1.27 bits per heavy atom. The van der Waals surface area contributed by atoms with E-state index in [0.717, 1.165) is 16.8 Å². The first-order valence-corrected chi connectivity index (χ1v) is 9.66. The molecular formula is C20H21N3O2S. The molecule has 0 spiro atoms. The van der Waals surface area contributed by atoms with Crippen LogP contribution in [0.5, 0.6) is 0 Å². The molecule has 2 N–H and O–H groups in total. The topological polar surface area (TPSA) is 65.2 Å². The van der Waals surface area contributed by atoms with E-state index >= 15 is 0 Å². The summed E-state index contributed by atoms with van der Waals surface area (Å²) in [5.74, 6) is -0.0400. The van der Waals surface area contributed by atoms with Crippen LogP contribution in [0.4, 0.5) is 0 Å². The van der Waals surface area contributed by atoms with Crippen LogP contribution in [0.2, 0.25) is 0 Å². The molecule has 134 valence electrons. The largest absolute Gasteiger partial charge is 0.358 e. The third kappa shape index (κ3) is 3.24. The number of carbonyl (C=O) groups is 2. The van der Waals surface area contributed by atoms with Crippen molar-refractivity contribution in [2.45, 2.75) is 32.4 Å². The van der Waals surface area contributed by atoms with Gasteiger partial charge in [-0.2, -0.15) is 0 Å². The van der Waals surface area contributed by atoms with Crippen molar-refractivity contribution >= 4 is 34.1 Å². The Balaban J connectivity index is 1.52. The molecule has 26 heavy (non-hydrogen) atoms. The lowest BCUT2D eigenvalue weighted by Crippen LogP contribution is -2.38. The molecule has 0 bridgehead atoms. The van der Waals surface area contributed by atoms with Gasteiger partial charge in [0.1, 0.15) is 0 Å². The van der Waals surface area contributed by atoms with Gasteiger partial charge in [-0.15, -0.1) is 11.3 Å². The minimum absolute atomic E-state index is 0.0769. The fraction of sp³-hybridized carbons (Fsp3) is 0.300. The van der Waals surface area contributed by atoms with Gasteiger partial charge in [-0.25, -0.2) is 0 Å². The fourth-order valence-corrected chi connectivity index (χ4v) is 4.42. The van der Waals surface area contributed by atoms with Crippen molar-refractivity contribution < 1.29 is 9.59 Å². The number of thiophene rings is 1. The first kappa shape index (κ1) is 16.8. The van der Waals surface area contributed by atoms with Crippen LogP contribution >= 0.6 is 11.3 Å². The van der Waals surface area contributed by atoms with Crippen molar-refractivity contribution in [3.8, 4) is 0 Å². The van der Waals surface area contributed by atoms with E-state index in [9.17, 15) is 9.59 Å². The van der Waals surface area contributed by atoms with Crippen LogP contribution in [-0.4, -0.2) is 28.2 Å². The molecule has 0 saturated heterocycles. The molecule has 2 aromatic heterocycles. The quantitative estimate of drug-likeness (QED) is 0.742. The summed E-state index contributed by atoms with van der Waals surface area (Å²) in [6.07, 6.45) is 1.12. The Morgan fingerprint density at radius 3 is 2.88 bits per heavy atom. The third-order valence-electron chi connectivity index (χ3n) is 4.88. The molecule has 1 aliphatic heterocycles. The van der Waals surface area contributed by atoms with E-state index in [4.69, 9.17) is 0 Å². The summed E-state index contributed by atoms with van der Waals surface area (Å²) in [6.45, 7) is 2.81. The van der Waals surface area contributed by atoms with Crippen LogP contribution in [-0.2, 0) is 22.6 Å². The number of H-pyrrole nitrogens is 1. The molecule has 3 heterocycles. The van der Waals surface area contributed by atoms with E-state index in [1.165, 1.54) is 23.6 Å². The first-order chi connectivity index (χ1) is 12.6. The molecule has 6 heteroatoms. The van der Waals surface area contributed by atoms with Crippen molar-refractivity contribution in [1.29, 1.82) is 0 Å². The second kappa shape index (κ2) is 6.96. The molecule has 5 nitrogen and oxygen atoms in total. The Bertz CT molecular complexity index is 945. The number of para-hydroxylation sites is 1. The zero-order chi connectivity index (χ0) is 18.1. The van der Waals surface area contributed by atoms with Gasteiger partial charge in [-0.3, -0.25) is 9.59 Å². The second-order valence-electron chi connectivity index (χ2n) is 6.67. The first-order valence-electron chi connectivity index (χ1n) is 8.78. The number of nitrogens with one attached hydrogen (secondary N) is 2. The van der Waals surface area contributed by atoms with E-state index in [-0.39, 0.29) is 24.3 Å². The summed E-state index contributed by atoms with van der Waals surface area (Å²) in [5, 5.41) is 6.07. The standard InChI is InChI=1S/C20H21N3O2S/c1-13(24)21-18(19-7-4-10-26-19)11-20(25)23-9-8-17-15(12-23)14-5-2-3-6-16(14)22-17/h2-7,10,18,22H,8-9,11-12H2,1H3,(H,21,24). The van der Waals surface area contributed by atoms with Gasteiger partial charge in [-0.05, 0) is 17.5 Å². The normalized spacial score (nSPS) is 14.9. The van der Waals surface area contributed by atoms with Gasteiger partial charge in [0.15, 0.2) is 0 Å². The van der Waals surface area contributed by atoms with E-state index in [1.54, 1.807) is 11.3 Å². The van der Waals surface area contributed by atoms with Crippen molar-refractivity contribution in [3.05, 3.63) is 57.9 Å². The van der Waals surface area contributed by atoms with Gasteiger partial charge in [0, 0.05) is 53.5 Å². The van der Waals surface area contributed by atoms with Gasteiger partial charge in [-0.1, -0.05) is 24.3 Å². The molecule has 3 aromatic rings. The molecule has 0 aliphatic carbocycles. The number of hydrogen-bond donors (Lipinski definition) is 2. The smallest absolute Gasteiger partial charge is 0.225 e. The minimum atomic E-state index is -0.260. The van der Waals surface area contributed by atoms with E-state index in [2.05, 4.69) is 22.4 Å². The SMILES string of the molecule is CC(=O)NC(CC(=O)N1CCc2[nH]c3ccccc3c2C1)c1cccs1. The average Bonchev–Trinajstić information content (AvgIpc) is 3.28. The lowest BCUT2D eigenvalue weighted by molar-refractivity contribution is -0.132. The summed E-state index contributed by atoms with van der Waals surface area (Å²) < 4.78 is 0. The van der Waals surface area contributed by atoms with Crippen LogP contribution in [0.15, 0.2) is 41.8 Å². The third-order valence-corrected chi connectivity index (χ3v) is 5.86. The lowest BCUT2D eigenvalue weighted by atomic mass is 10.0. The highest BCUT2D eigenvalue weighted by molar-refractivity contribution is 7.10. The van der Waals surface area contributed by atoms with Crippen LogP contribution in [0.25, 0.3) is 10.9 Å². The lowest BCUT2D eigenvalue weighted by Gasteiger charge is -2.29. The minimum Gasteiger partial charge on any atom is -0.358 e. The van der Waals surface area contributed by atoms with Gasteiger partial charge < -0.3 is 15.2 Å². The fourth-order valence-electron chi connectivity index (χ4n) is 3.64. The highest BCUT2D eigenvalue weighted by atomic mass is 32.1. The van der Waals surface area contributed by atoms with Crippen molar-refractivity contribution in [1.82, 2.24) is 15.2 Å². The number of fused-ring (bicyclic) bond motifs is 3. The molecule has 1 unspecified atom stereocenters. The van der Waals surface area contributed by atoms with Gasteiger partial charge in [0.25, 0.3) is 0 Å². The maximum atomic E-state index is 12.9. The maximum absolute atomic E-state index is 12.9. The number of amides is 2. The number of aromatic nitrogens is 1. The number of rotatable bonds is 4. The van der Waals surface area contributed by atoms with Crippen molar-refractivity contribution in [2.24, 2.45) is 0 Å². The Hall–Kier alpha value is -2.60. The summed E-state index contributed by atoms with van der Waals surface area (Å²) in [4.78, 5) is 30.9. The molecule has 4 rings (SSSR count). The number of hydrogen-bond acceptors (Lipinski definition) is 3. The van der Waals surface area contributed by atoms with E-state index < -0.39 is 0 Å². The molecule has 0 saturated carbocycles. The predicted molar refractivity (Wildman–Crippen MR) is 103 cm³/mol. The highest BCUT2D eigenvalue weighted by Gasteiger charge is 2.26. The molecule has 0 radical (unpaired) electrons. The number of carbonyl (C=O) groups excluding carboxylic acids is 2. The van der Waals surface area contributed by atoms with Crippen molar-refractivity contribution in [2.75, 3.05) is 6.54 Å². The number of benzene rings is 1. The van der Waals surface area contributed by atoms with Gasteiger partial charge in [0.05, 0.1) is 12.5 Å². The second-order valence-corrected chi connectivity index (χ2v) is 7.64. The number of nitrogens with zero attached hydrogens (tertiary/aromatic N) is 1. The van der Waals surface area contributed by atoms with Crippen LogP contribution in [0.3, 0.4) is 0 Å². The summed E-state index contributed by atoms with van der Waals surface area (Å²) in [5.41, 5.74) is 3.57. The van der Waals surface area contributed by atoms with Crippen LogP contribution in [0.1, 0.15) is 35.5 Å². The van der Waals surface area contributed by atoms with Crippen LogP contribution < -0.4 is 5.32 Å². The van der Waals surface area contributed by atoms with Crippen molar-refractivity contribution in [3.63, 3.8) is 0 Å². The summed E-state index contributed by atoms with van der Waals surface area (Å²) >= 11 is 1.56. The maximum Gasteiger partial charge on any atom is 0.225 e. The number of aromatic amines is 1. The molecule has 1 aliphatic rings. The molecule has 1 aromatic carbocycles. The zero-order valence-corrected chi connectivity index (χ0v) is 15.4. The molecule has 2 amide bonds.